The second-order valence-electron chi connectivity index (χ2n) is 6.68. The van der Waals surface area contributed by atoms with Crippen molar-refractivity contribution in [3.05, 3.63) is 30.1 Å². The highest BCUT2D eigenvalue weighted by Gasteiger charge is 2.52. The van der Waals surface area contributed by atoms with Gasteiger partial charge >= 0.3 is 0 Å². The minimum Gasteiger partial charge on any atom is -0.381 e. The van der Waals surface area contributed by atoms with Crippen LogP contribution in [-0.4, -0.2) is 67.0 Å². The van der Waals surface area contributed by atoms with Gasteiger partial charge in [0.15, 0.2) is 0 Å². The van der Waals surface area contributed by atoms with Gasteiger partial charge in [0.2, 0.25) is 5.91 Å². The van der Waals surface area contributed by atoms with Crippen molar-refractivity contribution in [1.82, 2.24) is 14.8 Å². The lowest BCUT2D eigenvalue weighted by Gasteiger charge is -2.37. The summed E-state index contributed by atoms with van der Waals surface area (Å²) in [6, 6.07) is 3.44. The SMILES string of the molecule is CN(C)C(=O)C1CN(C(=O)c2ccncc2)CC12CCOCC2. The van der Waals surface area contributed by atoms with Gasteiger partial charge < -0.3 is 14.5 Å². The molecule has 2 amide bonds. The number of aromatic nitrogens is 1. The third kappa shape index (κ3) is 2.95. The summed E-state index contributed by atoms with van der Waals surface area (Å²) in [5, 5.41) is 0. The van der Waals surface area contributed by atoms with Crippen LogP contribution in [0.5, 0.6) is 0 Å². The number of amides is 2. The van der Waals surface area contributed by atoms with E-state index in [-0.39, 0.29) is 23.1 Å². The van der Waals surface area contributed by atoms with Gasteiger partial charge in [0.25, 0.3) is 5.91 Å². The van der Waals surface area contributed by atoms with Gasteiger partial charge in [-0.25, -0.2) is 0 Å². The van der Waals surface area contributed by atoms with Crippen molar-refractivity contribution in [1.29, 1.82) is 0 Å². The Balaban J connectivity index is 1.85. The van der Waals surface area contributed by atoms with Crippen molar-refractivity contribution < 1.29 is 14.3 Å². The van der Waals surface area contributed by atoms with Gasteiger partial charge in [0.1, 0.15) is 0 Å². The highest BCUT2D eigenvalue weighted by molar-refractivity contribution is 5.95. The zero-order valence-electron chi connectivity index (χ0n) is 13.7. The average Bonchev–Trinajstić information content (AvgIpc) is 2.93. The Kier molecular flexibility index (Phi) is 4.35. The number of rotatable bonds is 2. The molecule has 2 saturated heterocycles. The molecule has 0 bridgehead atoms. The fourth-order valence-electron chi connectivity index (χ4n) is 3.74. The molecule has 3 heterocycles. The van der Waals surface area contributed by atoms with Crippen LogP contribution in [0, 0.1) is 11.3 Å². The summed E-state index contributed by atoms with van der Waals surface area (Å²) in [4.78, 5) is 32.8. The van der Waals surface area contributed by atoms with Crippen LogP contribution in [0.25, 0.3) is 0 Å². The minimum atomic E-state index is -0.151. The second kappa shape index (κ2) is 6.28. The molecule has 1 atom stereocenters. The molecule has 0 radical (unpaired) electrons. The summed E-state index contributed by atoms with van der Waals surface area (Å²) < 4.78 is 5.49. The van der Waals surface area contributed by atoms with E-state index in [9.17, 15) is 9.59 Å². The van der Waals surface area contributed by atoms with Crippen LogP contribution in [0.1, 0.15) is 23.2 Å². The molecule has 2 aliphatic rings. The molecule has 0 aliphatic carbocycles. The van der Waals surface area contributed by atoms with Crippen LogP contribution in [0.2, 0.25) is 0 Å². The van der Waals surface area contributed by atoms with Crippen molar-refractivity contribution in [2.75, 3.05) is 40.4 Å². The predicted octanol–water partition coefficient (Wildman–Crippen LogP) is 1.04. The van der Waals surface area contributed by atoms with Gasteiger partial charge in [-0.2, -0.15) is 0 Å². The first-order valence-corrected chi connectivity index (χ1v) is 8.02. The van der Waals surface area contributed by atoms with E-state index in [4.69, 9.17) is 4.74 Å². The first-order valence-electron chi connectivity index (χ1n) is 8.02. The van der Waals surface area contributed by atoms with Crippen molar-refractivity contribution >= 4 is 11.8 Å². The van der Waals surface area contributed by atoms with Gasteiger partial charge in [-0.3, -0.25) is 14.6 Å². The van der Waals surface area contributed by atoms with Crippen LogP contribution in [0.3, 0.4) is 0 Å². The Morgan fingerprint density at radius 3 is 2.52 bits per heavy atom. The fraction of sp³-hybridized carbons (Fsp3) is 0.588. The van der Waals surface area contributed by atoms with Crippen LogP contribution in [0.15, 0.2) is 24.5 Å². The highest BCUT2D eigenvalue weighted by Crippen LogP contribution is 2.45. The summed E-state index contributed by atoms with van der Waals surface area (Å²) in [7, 11) is 3.56. The first-order chi connectivity index (χ1) is 11.0. The number of carbonyl (C=O) groups excluding carboxylic acids is 2. The maximum Gasteiger partial charge on any atom is 0.254 e. The average molecular weight is 317 g/mol. The number of pyridine rings is 1. The van der Waals surface area contributed by atoms with Gasteiger partial charge in [-0.15, -0.1) is 0 Å². The molecule has 1 aromatic rings. The van der Waals surface area contributed by atoms with E-state index < -0.39 is 0 Å². The Morgan fingerprint density at radius 2 is 1.91 bits per heavy atom. The molecule has 0 saturated carbocycles. The van der Waals surface area contributed by atoms with E-state index in [1.807, 2.05) is 4.90 Å². The quantitative estimate of drug-likeness (QED) is 0.817. The molecule has 1 spiro atoms. The van der Waals surface area contributed by atoms with Gasteiger partial charge in [-0.05, 0) is 25.0 Å². The smallest absolute Gasteiger partial charge is 0.254 e. The molecule has 6 nitrogen and oxygen atoms in total. The van der Waals surface area contributed by atoms with Crippen LogP contribution in [-0.2, 0) is 9.53 Å². The molecule has 2 aliphatic heterocycles. The topological polar surface area (TPSA) is 62.7 Å². The summed E-state index contributed by atoms with van der Waals surface area (Å²) in [6.45, 7) is 2.43. The molecule has 23 heavy (non-hydrogen) atoms. The Hall–Kier alpha value is -1.95. The van der Waals surface area contributed by atoms with E-state index in [0.717, 1.165) is 12.8 Å². The molecule has 2 fully saturated rings. The third-order valence-electron chi connectivity index (χ3n) is 5.09. The minimum absolute atomic E-state index is 0.0210. The number of carbonyl (C=O) groups is 2. The van der Waals surface area contributed by atoms with E-state index in [0.29, 0.717) is 31.9 Å². The van der Waals surface area contributed by atoms with Crippen molar-refractivity contribution in [2.45, 2.75) is 12.8 Å². The number of likely N-dealkylation sites (tertiary alicyclic amines) is 1. The van der Waals surface area contributed by atoms with Crippen molar-refractivity contribution in [2.24, 2.45) is 11.3 Å². The molecule has 6 heteroatoms. The maximum absolute atomic E-state index is 12.8. The zero-order chi connectivity index (χ0) is 16.4. The molecule has 1 unspecified atom stereocenters. The normalized spacial score (nSPS) is 23.0. The summed E-state index contributed by atoms with van der Waals surface area (Å²) in [5.41, 5.74) is 0.475. The number of hydrogen-bond acceptors (Lipinski definition) is 4. The molecule has 124 valence electrons. The lowest BCUT2D eigenvalue weighted by molar-refractivity contribution is -0.138. The Morgan fingerprint density at radius 1 is 1.26 bits per heavy atom. The van der Waals surface area contributed by atoms with Gasteiger partial charge in [0.05, 0.1) is 5.92 Å². The van der Waals surface area contributed by atoms with E-state index in [2.05, 4.69) is 4.98 Å². The molecule has 0 N–H and O–H groups in total. The van der Waals surface area contributed by atoms with Crippen LogP contribution >= 0.6 is 0 Å². The molecule has 0 aromatic carbocycles. The third-order valence-corrected chi connectivity index (χ3v) is 5.09. The number of hydrogen-bond donors (Lipinski definition) is 0. The van der Waals surface area contributed by atoms with E-state index in [1.54, 1.807) is 43.5 Å². The lowest BCUT2D eigenvalue weighted by Crippen LogP contribution is -2.44. The van der Waals surface area contributed by atoms with Gasteiger partial charge in [-0.1, -0.05) is 0 Å². The molecule has 1 aromatic heterocycles. The number of ether oxygens (including phenoxy) is 1. The second-order valence-corrected chi connectivity index (χ2v) is 6.68. The van der Waals surface area contributed by atoms with E-state index >= 15 is 0 Å². The Bertz CT molecular complexity index is 582. The van der Waals surface area contributed by atoms with E-state index in [1.165, 1.54) is 0 Å². The van der Waals surface area contributed by atoms with Crippen molar-refractivity contribution in [3.8, 4) is 0 Å². The fourth-order valence-corrected chi connectivity index (χ4v) is 3.74. The molecule has 3 rings (SSSR count). The standard InChI is InChI=1S/C17H23N3O3/c1-19(2)16(22)14-11-20(12-17(14)5-9-23-10-6-17)15(21)13-3-7-18-8-4-13/h3-4,7-8,14H,5-6,9-12H2,1-2H3. The summed E-state index contributed by atoms with van der Waals surface area (Å²) in [5.74, 6) is -0.0589. The highest BCUT2D eigenvalue weighted by atomic mass is 16.5. The van der Waals surface area contributed by atoms with Crippen LogP contribution < -0.4 is 0 Å². The summed E-state index contributed by atoms with van der Waals surface area (Å²) >= 11 is 0. The first kappa shape index (κ1) is 15.9. The summed E-state index contributed by atoms with van der Waals surface area (Å²) in [6.07, 6.45) is 4.90. The Labute approximate surface area is 136 Å². The van der Waals surface area contributed by atoms with Crippen molar-refractivity contribution in [3.63, 3.8) is 0 Å². The molecular formula is C17H23N3O3. The largest absolute Gasteiger partial charge is 0.381 e. The molecular weight excluding hydrogens is 294 g/mol. The number of nitrogens with zero attached hydrogens (tertiary/aromatic N) is 3. The zero-order valence-corrected chi connectivity index (χ0v) is 13.7. The van der Waals surface area contributed by atoms with Gasteiger partial charge in [0, 0.05) is 63.8 Å². The maximum atomic E-state index is 12.8. The lowest BCUT2D eigenvalue weighted by atomic mass is 9.71. The monoisotopic (exact) mass is 317 g/mol. The predicted molar refractivity (Wildman–Crippen MR) is 84.8 cm³/mol. The van der Waals surface area contributed by atoms with Crippen LogP contribution in [0.4, 0.5) is 0 Å².